The Morgan fingerprint density at radius 2 is 1.79 bits per heavy atom. The molecule has 6 heteroatoms. The molecule has 1 heterocycles. The lowest BCUT2D eigenvalue weighted by molar-refractivity contribution is -0.300. The van der Waals surface area contributed by atoms with Gasteiger partial charge in [0.1, 0.15) is 24.4 Å². The summed E-state index contributed by atoms with van der Waals surface area (Å²) in [5, 5.41) is 36.9. The van der Waals surface area contributed by atoms with E-state index in [-0.39, 0.29) is 0 Å². The van der Waals surface area contributed by atoms with Crippen LogP contribution in [-0.2, 0) is 9.47 Å². The zero-order valence-electron chi connectivity index (χ0n) is 7.91. The molecule has 1 aliphatic rings. The van der Waals surface area contributed by atoms with E-state index in [0.29, 0.717) is 6.61 Å². The smallest absolute Gasteiger partial charge is 0.186 e. The van der Waals surface area contributed by atoms with Crippen LogP contribution in [0, 0.1) is 0 Å². The number of aliphatic hydroxyl groups is 4. The lowest BCUT2D eigenvalue weighted by atomic mass is 9.99. The Morgan fingerprint density at radius 3 is 2.29 bits per heavy atom. The van der Waals surface area contributed by atoms with Gasteiger partial charge in [-0.15, -0.1) is 0 Å². The van der Waals surface area contributed by atoms with Crippen molar-refractivity contribution in [1.82, 2.24) is 0 Å². The third-order valence-corrected chi connectivity index (χ3v) is 2.18. The van der Waals surface area contributed by atoms with Crippen LogP contribution in [0.2, 0.25) is 0 Å². The van der Waals surface area contributed by atoms with Gasteiger partial charge >= 0.3 is 0 Å². The molecular weight excluding hydrogens is 192 g/mol. The highest BCUT2D eigenvalue weighted by molar-refractivity contribution is 4.88. The van der Waals surface area contributed by atoms with E-state index in [4.69, 9.17) is 14.6 Å². The maximum atomic E-state index is 9.41. The van der Waals surface area contributed by atoms with Gasteiger partial charge in [-0.1, -0.05) is 0 Å². The quantitative estimate of drug-likeness (QED) is 0.421. The van der Waals surface area contributed by atoms with Gasteiger partial charge in [0.05, 0.1) is 6.61 Å². The minimum Gasteiger partial charge on any atom is -0.394 e. The molecule has 0 aromatic heterocycles. The number of aliphatic hydroxyl groups excluding tert-OH is 4. The largest absolute Gasteiger partial charge is 0.394 e. The molecule has 0 amide bonds. The lowest BCUT2D eigenvalue weighted by Crippen LogP contribution is -2.59. The van der Waals surface area contributed by atoms with Gasteiger partial charge in [0, 0.05) is 6.61 Å². The third kappa shape index (κ3) is 2.22. The molecule has 0 radical (unpaired) electrons. The number of hydrogen-bond donors (Lipinski definition) is 4. The molecule has 1 rings (SSSR count). The topological polar surface area (TPSA) is 99.4 Å². The van der Waals surface area contributed by atoms with Gasteiger partial charge in [0.15, 0.2) is 6.29 Å². The van der Waals surface area contributed by atoms with Crippen molar-refractivity contribution in [3.05, 3.63) is 0 Å². The summed E-state index contributed by atoms with van der Waals surface area (Å²) in [5.74, 6) is 0. The van der Waals surface area contributed by atoms with Gasteiger partial charge in [-0.3, -0.25) is 0 Å². The molecule has 0 aromatic carbocycles. The van der Waals surface area contributed by atoms with Gasteiger partial charge < -0.3 is 29.9 Å². The van der Waals surface area contributed by atoms with Crippen molar-refractivity contribution < 1.29 is 29.9 Å². The average Bonchev–Trinajstić information content (AvgIpc) is 2.19. The first kappa shape index (κ1) is 11.8. The minimum absolute atomic E-state index is 0.308. The second-order valence-electron chi connectivity index (χ2n) is 3.15. The van der Waals surface area contributed by atoms with Crippen LogP contribution in [0.15, 0.2) is 0 Å². The highest BCUT2D eigenvalue weighted by Gasteiger charge is 2.43. The molecule has 0 saturated carbocycles. The van der Waals surface area contributed by atoms with Gasteiger partial charge in [-0.25, -0.2) is 0 Å². The predicted octanol–water partition coefficient (Wildman–Crippen LogP) is -2.18. The van der Waals surface area contributed by atoms with Gasteiger partial charge in [-0.05, 0) is 6.92 Å². The Kier molecular flexibility index (Phi) is 4.24. The Bertz CT molecular complexity index is 171. The summed E-state index contributed by atoms with van der Waals surface area (Å²) in [6.07, 6.45) is -5.89. The Hall–Kier alpha value is -0.240. The van der Waals surface area contributed by atoms with E-state index >= 15 is 0 Å². The normalized spacial score (nSPS) is 43.9. The van der Waals surface area contributed by atoms with Crippen molar-refractivity contribution >= 4 is 0 Å². The van der Waals surface area contributed by atoms with Crippen LogP contribution in [0.5, 0.6) is 0 Å². The van der Waals surface area contributed by atoms with E-state index in [2.05, 4.69) is 0 Å². The summed E-state index contributed by atoms with van der Waals surface area (Å²) in [6.45, 7) is 1.58. The van der Waals surface area contributed by atoms with Crippen LogP contribution >= 0.6 is 0 Å². The molecule has 1 aliphatic heterocycles. The molecule has 1 saturated heterocycles. The first-order valence-electron chi connectivity index (χ1n) is 4.54. The van der Waals surface area contributed by atoms with E-state index in [1.165, 1.54) is 0 Å². The summed E-state index contributed by atoms with van der Waals surface area (Å²) in [7, 11) is 0. The first-order chi connectivity index (χ1) is 6.61. The van der Waals surface area contributed by atoms with Crippen molar-refractivity contribution in [3.63, 3.8) is 0 Å². The van der Waals surface area contributed by atoms with Crippen molar-refractivity contribution in [3.8, 4) is 0 Å². The van der Waals surface area contributed by atoms with Crippen LogP contribution in [0.25, 0.3) is 0 Å². The maximum Gasteiger partial charge on any atom is 0.186 e. The zero-order chi connectivity index (χ0) is 10.7. The van der Waals surface area contributed by atoms with Gasteiger partial charge in [0.25, 0.3) is 0 Å². The first-order valence-corrected chi connectivity index (χ1v) is 4.54. The van der Waals surface area contributed by atoms with Crippen molar-refractivity contribution in [2.75, 3.05) is 13.2 Å². The number of hydrogen-bond acceptors (Lipinski definition) is 6. The fraction of sp³-hybridized carbons (Fsp3) is 1.00. The molecule has 0 aromatic rings. The summed E-state index contributed by atoms with van der Waals surface area (Å²) in [5.41, 5.74) is 0. The lowest BCUT2D eigenvalue weighted by Gasteiger charge is -2.39. The monoisotopic (exact) mass is 208 g/mol. The van der Waals surface area contributed by atoms with Crippen LogP contribution in [0.1, 0.15) is 6.92 Å². The Labute approximate surface area is 81.7 Å². The molecule has 14 heavy (non-hydrogen) atoms. The Morgan fingerprint density at radius 1 is 1.14 bits per heavy atom. The SMILES string of the molecule is CCO[C@H]1OC(CO)[C@@H](O)[C@H](O)C1O. The summed E-state index contributed by atoms with van der Waals surface area (Å²) >= 11 is 0. The van der Waals surface area contributed by atoms with Crippen LogP contribution < -0.4 is 0 Å². The molecule has 0 aliphatic carbocycles. The molecule has 2 unspecified atom stereocenters. The summed E-state index contributed by atoms with van der Waals surface area (Å²) < 4.78 is 10.0. The molecule has 84 valence electrons. The van der Waals surface area contributed by atoms with E-state index in [0.717, 1.165) is 0 Å². The minimum atomic E-state index is -1.36. The average molecular weight is 208 g/mol. The summed E-state index contributed by atoms with van der Waals surface area (Å²) in [4.78, 5) is 0. The van der Waals surface area contributed by atoms with Crippen molar-refractivity contribution in [2.24, 2.45) is 0 Å². The standard InChI is InChI=1S/C8H16O6/c1-2-13-8-7(12)6(11)5(10)4(3-9)14-8/h4-12H,2-3H2,1H3/t4?,5-,6+,7?,8+/m1/s1. The van der Waals surface area contributed by atoms with Crippen LogP contribution in [-0.4, -0.2) is 64.3 Å². The van der Waals surface area contributed by atoms with Crippen LogP contribution in [0.3, 0.4) is 0 Å². The third-order valence-electron chi connectivity index (χ3n) is 2.18. The maximum absolute atomic E-state index is 9.41. The molecule has 0 spiro atoms. The number of rotatable bonds is 3. The molecule has 1 fully saturated rings. The fourth-order valence-corrected chi connectivity index (χ4v) is 1.37. The van der Waals surface area contributed by atoms with Gasteiger partial charge in [-0.2, -0.15) is 0 Å². The van der Waals surface area contributed by atoms with Crippen LogP contribution in [0.4, 0.5) is 0 Å². The second kappa shape index (κ2) is 5.01. The van der Waals surface area contributed by atoms with E-state index in [1.54, 1.807) is 6.92 Å². The highest BCUT2D eigenvalue weighted by atomic mass is 16.7. The second-order valence-corrected chi connectivity index (χ2v) is 3.15. The molecule has 5 atom stereocenters. The predicted molar refractivity (Wildman–Crippen MR) is 45.4 cm³/mol. The van der Waals surface area contributed by atoms with E-state index < -0.39 is 37.3 Å². The zero-order valence-corrected chi connectivity index (χ0v) is 7.91. The molecule has 6 nitrogen and oxygen atoms in total. The number of ether oxygens (including phenoxy) is 2. The Balaban J connectivity index is 2.63. The van der Waals surface area contributed by atoms with Crippen molar-refractivity contribution in [1.29, 1.82) is 0 Å². The molecule has 4 N–H and O–H groups in total. The van der Waals surface area contributed by atoms with E-state index in [1.807, 2.05) is 0 Å². The molecular formula is C8H16O6. The highest BCUT2D eigenvalue weighted by Crippen LogP contribution is 2.21. The summed E-state index contributed by atoms with van der Waals surface area (Å²) in [6, 6.07) is 0. The molecule has 0 bridgehead atoms. The van der Waals surface area contributed by atoms with E-state index in [9.17, 15) is 15.3 Å². The van der Waals surface area contributed by atoms with Crippen molar-refractivity contribution in [2.45, 2.75) is 37.6 Å². The fourth-order valence-electron chi connectivity index (χ4n) is 1.37. The van der Waals surface area contributed by atoms with Gasteiger partial charge in [0.2, 0.25) is 0 Å².